The molecule has 3 N–H and O–H groups in total. The van der Waals surface area contributed by atoms with Gasteiger partial charge in [0.25, 0.3) is 0 Å². The zero-order valence-electron chi connectivity index (χ0n) is 21.8. The Labute approximate surface area is 221 Å². The number of ether oxygens (including phenoxy) is 1. The molecule has 10 heteroatoms. The lowest BCUT2D eigenvalue weighted by atomic mass is 9.78. The molecule has 198 valence electrons. The number of aromatic carboxylic acids is 1. The summed E-state index contributed by atoms with van der Waals surface area (Å²) >= 11 is 0. The number of nitrogens with two attached hydrogens (primary N) is 1. The second kappa shape index (κ2) is 9.43. The summed E-state index contributed by atoms with van der Waals surface area (Å²) < 4.78 is 10.2. The van der Waals surface area contributed by atoms with Gasteiger partial charge in [-0.05, 0) is 62.8 Å². The fourth-order valence-electron chi connectivity index (χ4n) is 6.38. The number of rotatable bonds is 7. The van der Waals surface area contributed by atoms with Crippen LogP contribution in [0.2, 0.25) is 0 Å². The number of aryl methyl sites for hydroxylation is 2. The average molecular weight is 516 g/mol. The van der Waals surface area contributed by atoms with E-state index in [1.807, 2.05) is 19.2 Å². The van der Waals surface area contributed by atoms with Crippen LogP contribution in [0.25, 0.3) is 22.3 Å². The maximum Gasteiger partial charge on any atom is 0.335 e. The molecular formula is C28H33N7O3. The van der Waals surface area contributed by atoms with Gasteiger partial charge in [0.2, 0.25) is 11.8 Å². The molecule has 3 aromatic heterocycles. The van der Waals surface area contributed by atoms with E-state index in [1.165, 1.54) is 12.8 Å². The summed E-state index contributed by atoms with van der Waals surface area (Å²) in [6.07, 6.45) is 6.23. The van der Waals surface area contributed by atoms with Crippen LogP contribution in [0.3, 0.4) is 0 Å². The number of imidazole rings is 1. The van der Waals surface area contributed by atoms with Crippen LogP contribution in [0.1, 0.15) is 41.7 Å². The molecule has 4 aromatic rings. The summed E-state index contributed by atoms with van der Waals surface area (Å²) in [6.45, 7) is 4.96. The van der Waals surface area contributed by atoms with E-state index in [-0.39, 0.29) is 11.1 Å². The van der Waals surface area contributed by atoms with Crippen LogP contribution in [0.5, 0.6) is 5.88 Å². The Morgan fingerprint density at radius 2 is 2.00 bits per heavy atom. The zero-order chi connectivity index (χ0) is 26.4. The normalized spacial score (nSPS) is 21.6. The molecule has 5 heterocycles. The van der Waals surface area contributed by atoms with Gasteiger partial charge in [-0.15, -0.1) is 0 Å². The number of carboxylic acids is 1. The van der Waals surface area contributed by atoms with Gasteiger partial charge in [-0.3, -0.25) is 9.88 Å². The molecule has 0 amide bonds. The van der Waals surface area contributed by atoms with Crippen LogP contribution in [-0.2, 0) is 12.6 Å². The number of nitrogens with zero attached hydrogens (tertiary/aromatic N) is 6. The predicted octanol–water partition coefficient (Wildman–Crippen LogP) is 3.70. The van der Waals surface area contributed by atoms with E-state index in [1.54, 1.807) is 29.9 Å². The van der Waals surface area contributed by atoms with Crippen LogP contribution >= 0.6 is 0 Å². The minimum Gasteiger partial charge on any atom is -0.478 e. The van der Waals surface area contributed by atoms with Gasteiger partial charge in [0, 0.05) is 32.4 Å². The van der Waals surface area contributed by atoms with Gasteiger partial charge in [0.05, 0.1) is 39.6 Å². The number of fused-ring (bicyclic) bond motifs is 5. The largest absolute Gasteiger partial charge is 0.478 e. The lowest BCUT2D eigenvalue weighted by Gasteiger charge is -2.39. The van der Waals surface area contributed by atoms with Gasteiger partial charge in [0.15, 0.2) is 0 Å². The molecule has 7 rings (SSSR count). The highest BCUT2D eigenvalue weighted by atomic mass is 16.5. The van der Waals surface area contributed by atoms with E-state index in [4.69, 9.17) is 10.5 Å². The maximum absolute atomic E-state index is 11.6. The lowest BCUT2D eigenvalue weighted by Crippen LogP contribution is -2.44. The molecule has 10 nitrogen and oxygen atoms in total. The monoisotopic (exact) mass is 515 g/mol. The third kappa shape index (κ3) is 4.28. The van der Waals surface area contributed by atoms with Crippen LogP contribution in [0.15, 0.2) is 42.6 Å². The van der Waals surface area contributed by atoms with E-state index in [9.17, 15) is 9.90 Å². The minimum atomic E-state index is -0.987. The van der Waals surface area contributed by atoms with Crippen molar-refractivity contribution in [2.45, 2.75) is 38.1 Å². The number of carbonyl (C=O) groups is 1. The second-order valence-corrected chi connectivity index (χ2v) is 10.7. The van der Waals surface area contributed by atoms with Crippen LogP contribution in [0.4, 0.5) is 5.95 Å². The molecule has 1 aliphatic carbocycles. The standard InChI is InChI=1S/C28H33N7O3/c1-18-13-20(26(36)37)14-23(31-18)21-15-30-33(2)25(21)38-12-11-34-16-19-7-9-28(17-34,10-8-19)35-24-6-4-3-5-22(24)32-27(35)29/h3-6,13-15,19H,7-12,16-17H2,1-2H3,(H2,29,32)(H,36,37). The quantitative estimate of drug-likeness (QED) is 0.382. The Morgan fingerprint density at radius 3 is 2.79 bits per heavy atom. The molecule has 3 fully saturated rings. The van der Waals surface area contributed by atoms with Crippen molar-refractivity contribution >= 4 is 23.0 Å². The minimum absolute atomic E-state index is 0.0798. The topological polar surface area (TPSA) is 124 Å². The Hall–Kier alpha value is -3.92. The maximum atomic E-state index is 11.6. The van der Waals surface area contributed by atoms with Crippen molar-refractivity contribution in [1.29, 1.82) is 0 Å². The summed E-state index contributed by atoms with van der Waals surface area (Å²) in [6, 6.07) is 11.3. The number of aromatic nitrogens is 5. The van der Waals surface area contributed by atoms with E-state index in [2.05, 4.69) is 36.7 Å². The third-order valence-electron chi connectivity index (χ3n) is 8.14. The molecule has 1 aromatic carbocycles. The number of nitrogen functional groups attached to an aromatic ring is 1. The highest BCUT2D eigenvalue weighted by Crippen LogP contribution is 2.44. The van der Waals surface area contributed by atoms with Crippen molar-refractivity contribution in [3.05, 3.63) is 53.9 Å². The van der Waals surface area contributed by atoms with Gasteiger partial charge in [-0.2, -0.15) is 5.10 Å². The number of carboxylic acid groups (broad SMARTS) is 1. The Balaban J connectivity index is 1.22. The van der Waals surface area contributed by atoms with Crippen molar-refractivity contribution in [3.63, 3.8) is 0 Å². The first-order valence-electron chi connectivity index (χ1n) is 13.2. The van der Waals surface area contributed by atoms with E-state index in [0.717, 1.165) is 43.5 Å². The first-order chi connectivity index (χ1) is 18.3. The third-order valence-corrected chi connectivity index (χ3v) is 8.14. The lowest BCUT2D eigenvalue weighted by molar-refractivity contribution is 0.0696. The molecule has 0 unspecified atom stereocenters. The highest BCUT2D eigenvalue weighted by Gasteiger charge is 2.43. The molecule has 0 radical (unpaired) electrons. The smallest absolute Gasteiger partial charge is 0.335 e. The average Bonchev–Trinajstić information content (AvgIpc) is 3.30. The Bertz CT molecular complexity index is 1500. The fourth-order valence-corrected chi connectivity index (χ4v) is 6.38. The number of anilines is 1. The Morgan fingerprint density at radius 1 is 1.21 bits per heavy atom. The van der Waals surface area contributed by atoms with Gasteiger partial charge in [-0.25, -0.2) is 14.5 Å². The van der Waals surface area contributed by atoms with Crippen molar-refractivity contribution in [2.75, 3.05) is 32.0 Å². The summed E-state index contributed by atoms with van der Waals surface area (Å²) in [4.78, 5) is 23.3. The number of hydrogen-bond donors (Lipinski definition) is 2. The molecule has 0 spiro atoms. The van der Waals surface area contributed by atoms with Gasteiger partial charge in [-0.1, -0.05) is 12.1 Å². The summed E-state index contributed by atoms with van der Waals surface area (Å²) in [7, 11) is 1.82. The molecule has 2 aliphatic heterocycles. The SMILES string of the molecule is Cc1cc(C(=O)O)cc(-c2cnn(C)c2OCCN2CC3CCC(n4c(N)nc5ccccc54)(CC3)C2)n1. The van der Waals surface area contributed by atoms with Gasteiger partial charge >= 0.3 is 5.97 Å². The molecular weight excluding hydrogens is 482 g/mol. The predicted molar refractivity (Wildman–Crippen MR) is 144 cm³/mol. The van der Waals surface area contributed by atoms with Crippen LogP contribution in [-0.4, -0.2) is 66.5 Å². The van der Waals surface area contributed by atoms with Crippen LogP contribution < -0.4 is 10.5 Å². The summed E-state index contributed by atoms with van der Waals surface area (Å²) in [5, 5.41) is 13.8. The number of pyridine rings is 1. The van der Waals surface area contributed by atoms with E-state index >= 15 is 0 Å². The summed E-state index contributed by atoms with van der Waals surface area (Å²) in [5.41, 5.74) is 10.5. The highest BCUT2D eigenvalue weighted by molar-refractivity contribution is 5.89. The zero-order valence-corrected chi connectivity index (χ0v) is 21.8. The van der Waals surface area contributed by atoms with E-state index < -0.39 is 5.97 Å². The molecule has 38 heavy (non-hydrogen) atoms. The Kier molecular flexibility index (Phi) is 6.06. The molecule has 2 bridgehead atoms. The summed E-state index contributed by atoms with van der Waals surface area (Å²) in [5.74, 6) is 0.851. The number of hydrogen-bond acceptors (Lipinski definition) is 7. The van der Waals surface area contributed by atoms with E-state index in [0.29, 0.717) is 41.3 Å². The molecule has 3 aliphatic rings. The molecule has 2 saturated heterocycles. The number of para-hydroxylation sites is 2. The molecule has 1 saturated carbocycles. The first kappa shape index (κ1) is 24.4. The fraction of sp³-hybridized carbons (Fsp3) is 0.429. The van der Waals surface area contributed by atoms with Crippen molar-refractivity contribution in [1.82, 2.24) is 29.2 Å². The van der Waals surface area contributed by atoms with Gasteiger partial charge < -0.3 is 20.1 Å². The molecule has 0 atom stereocenters. The second-order valence-electron chi connectivity index (χ2n) is 10.7. The first-order valence-corrected chi connectivity index (χ1v) is 13.2. The van der Waals surface area contributed by atoms with Crippen molar-refractivity contribution in [2.24, 2.45) is 13.0 Å². The number of benzene rings is 1. The van der Waals surface area contributed by atoms with Crippen molar-refractivity contribution in [3.8, 4) is 17.1 Å². The van der Waals surface area contributed by atoms with Gasteiger partial charge in [0.1, 0.15) is 6.61 Å². The van der Waals surface area contributed by atoms with Crippen LogP contribution in [0, 0.1) is 12.8 Å². The van der Waals surface area contributed by atoms with Crippen molar-refractivity contribution < 1.29 is 14.6 Å².